The molecule has 1 aromatic heterocycles. The molecule has 1 aliphatic carbocycles. The van der Waals surface area contributed by atoms with E-state index in [2.05, 4.69) is 30.4 Å². The molecule has 4 rings (SSSR count). The molecule has 2 aromatic rings. The van der Waals surface area contributed by atoms with Crippen LogP contribution in [-0.2, 0) is 21.0 Å². The number of carbonyl (C=O) groups excluding carboxylic acids is 1. The molecule has 1 aliphatic heterocycles. The average Bonchev–Trinajstić information content (AvgIpc) is 2.96. The number of amides is 1. The highest BCUT2D eigenvalue weighted by molar-refractivity contribution is 7.88. The largest absolute Gasteiger partial charge is 0.494 e. The van der Waals surface area contributed by atoms with Crippen LogP contribution in [0.5, 0.6) is 5.75 Å². The smallest absolute Gasteiger partial charge is 0.421 e. The number of carbonyl (C=O) groups is 1. The minimum atomic E-state index is -4.73. The van der Waals surface area contributed by atoms with Gasteiger partial charge in [0.25, 0.3) is 0 Å². The molecule has 0 bridgehead atoms. The number of alkyl halides is 3. The van der Waals surface area contributed by atoms with Crippen molar-refractivity contribution in [2.24, 2.45) is 0 Å². The van der Waals surface area contributed by atoms with Gasteiger partial charge in [-0.25, -0.2) is 17.7 Å². The van der Waals surface area contributed by atoms with Gasteiger partial charge in [0.15, 0.2) is 0 Å². The summed E-state index contributed by atoms with van der Waals surface area (Å²) in [4.78, 5) is 26.0. The zero-order valence-electron chi connectivity index (χ0n) is 25.7. The molecule has 2 N–H and O–H groups in total. The first kappa shape index (κ1) is 33.5. The maximum atomic E-state index is 14.0. The highest BCUT2D eigenvalue weighted by Gasteiger charge is 2.38. The van der Waals surface area contributed by atoms with Crippen molar-refractivity contribution < 1.29 is 31.1 Å². The van der Waals surface area contributed by atoms with E-state index in [0.717, 1.165) is 44.1 Å². The number of ether oxygens (including phenoxy) is 1. The SMILES string of the molecule is COc1cc(N2CCN(CC(=O)N(C)C)CC2)ccc1Nc1ncc(C(F)(F)F)c(N[C@@H]2CCCC[C@H]2N(C)S(C)(=O)=O)n1. The molecule has 1 saturated carbocycles. The van der Waals surface area contributed by atoms with Crippen LogP contribution >= 0.6 is 0 Å². The number of sulfonamides is 1. The normalized spacial score (nSPS) is 20.0. The van der Waals surface area contributed by atoms with Crippen LogP contribution in [-0.4, -0.2) is 118 Å². The third-order valence-corrected chi connectivity index (χ3v) is 9.48. The van der Waals surface area contributed by atoms with Crippen LogP contribution in [0.4, 0.5) is 36.3 Å². The summed E-state index contributed by atoms with van der Waals surface area (Å²) >= 11 is 0. The Balaban J connectivity index is 1.52. The van der Waals surface area contributed by atoms with Crippen LogP contribution in [0, 0.1) is 0 Å². The van der Waals surface area contributed by atoms with Crippen LogP contribution in [0.25, 0.3) is 0 Å². The second kappa shape index (κ2) is 13.7. The maximum absolute atomic E-state index is 14.0. The second-order valence-electron chi connectivity index (χ2n) is 11.4. The molecule has 16 heteroatoms. The Labute approximate surface area is 256 Å². The van der Waals surface area contributed by atoms with Crippen LogP contribution in [0.15, 0.2) is 24.4 Å². The zero-order valence-corrected chi connectivity index (χ0v) is 26.5. The van der Waals surface area contributed by atoms with Crippen molar-refractivity contribution in [1.29, 1.82) is 0 Å². The molecule has 2 fully saturated rings. The number of likely N-dealkylation sites (N-methyl/N-ethyl adjacent to an activating group) is 2. The summed E-state index contributed by atoms with van der Waals surface area (Å²) in [5, 5.41) is 5.88. The number of hydrogen-bond donors (Lipinski definition) is 2. The highest BCUT2D eigenvalue weighted by Crippen LogP contribution is 2.37. The third kappa shape index (κ3) is 8.21. The number of hydrogen-bond acceptors (Lipinski definition) is 10. The van der Waals surface area contributed by atoms with Gasteiger partial charge in [-0.3, -0.25) is 9.69 Å². The van der Waals surface area contributed by atoms with E-state index < -0.39 is 39.7 Å². The fourth-order valence-corrected chi connectivity index (χ4v) is 6.24. The number of nitrogens with one attached hydrogen (secondary N) is 2. The van der Waals surface area contributed by atoms with E-state index >= 15 is 0 Å². The van der Waals surface area contributed by atoms with E-state index in [-0.39, 0.29) is 11.9 Å². The summed E-state index contributed by atoms with van der Waals surface area (Å²) in [5.41, 5.74) is 0.327. The third-order valence-electron chi connectivity index (χ3n) is 8.16. The van der Waals surface area contributed by atoms with E-state index in [4.69, 9.17) is 4.74 Å². The van der Waals surface area contributed by atoms with E-state index in [0.29, 0.717) is 43.9 Å². The summed E-state index contributed by atoms with van der Waals surface area (Å²) in [7, 11) is 2.86. The van der Waals surface area contributed by atoms with Gasteiger partial charge >= 0.3 is 6.18 Å². The average molecular weight is 643 g/mol. The summed E-state index contributed by atoms with van der Waals surface area (Å²) in [6.45, 7) is 3.24. The lowest BCUT2D eigenvalue weighted by molar-refractivity contribution is -0.137. The second-order valence-corrected chi connectivity index (χ2v) is 13.4. The Morgan fingerprint density at radius 1 is 1.11 bits per heavy atom. The lowest BCUT2D eigenvalue weighted by atomic mass is 9.90. The number of anilines is 4. The number of methoxy groups -OCH3 is 1. The minimum absolute atomic E-state index is 0.0548. The van der Waals surface area contributed by atoms with Gasteiger partial charge < -0.3 is 25.2 Å². The number of rotatable bonds is 10. The highest BCUT2D eigenvalue weighted by atomic mass is 32.2. The monoisotopic (exact) mass is 642 g/mol. The molecule has 44 heavy (non-hydrogen) atoms. The molecule has 1 aromatic carbocycles. The Morgan fingerprint density at radius 3 is 2.41 bits per heavy atom. The van der Waals surface area contributed by atoms with Crippen LogP contribution in [0.3, 0.4) is 0 Å². The standard InChI is InChI=1S/C28H41F3N8O4S/c1-36(2)25(40)18-38-12-14-39(15-13-38)19-10-11-22(24(16-19)43-4)34-27-32-17-20(28(29,30)31)26(35-27)33-21-8-6-7-9-23(21)37(3)44(5,41)42/h10-11,16-17,21,23H,6-9,12-15,18H2,1-5H3,(H2,32,33,34,35)/t21-,23-/m1/s1. The van der Waals surface area contributed by atoms with Gasteiger partial charge in [0, 0.05) is 77.4 Å². The molecular formula is C28H41F3N8O4S. The molecule has 2 atom stereocenters. The van der Waals surface area contributed by atoms with Crippen molar-refractivity contribution in [2.45, 2.75) is 43.9 Å². The summed E-state index contributed by atoms with van der Waals surface area (Å²) in [6.07, 6.45) is -0.396. The molecule has 244 valence electrons. The molecule has 2 aliphatic rings. The molecule has 0 spiro atoms. The fourth-order valence-electron chi connectivity index (χ4n) is 5.49. The first-order valence-corrected chi connectivity index (χ1v) is 16.3. The molecule has 2 heterocycles. The predicted octanol–water partition coefficient (Wildman–Crippen LogP) is 3.07. The summed E-state index contributed by atoms with van der Waals surface area (Å²) in [6, 6.07) is 4.38. The lowest BCUT2D eigenvalue weighted by Crippen LogP contribution is -2.49. The summed E-state index contributed by atoms with van der Waals surface area (Å²) < 4.78 is 73.2. The van der Waals surface area contributed by atoms with Crippen molar-refractivity contribution >= 4 is 39.1 Å². The van der Waals surface area contributed by atoms with Crippen molar-refractivity contribution in [3.63, 3.8) is 0 Å². The molecule has 1 amide bonds. The molecule has 0 radical (unpaired) electrons. The topological polar surface area (TPSA) is 123 Å². The molecule has 1 saturated heterocycles. The maximum Gasteiger partial charge on any atom is 0.421 e. The van der Waals surface area contributed by atoms with E-state index in [1.807, 2.05) is 12.1 Å². The van der Waals surface area contributed by atoms with Gasteiger partial charge in [-0.2, -0.15) is 18.2 Å². The van der Waals surface area contributed by atoms with Crippen LogP contribution in [0.1, 0.15) is 31.2 Å². The van der Waals surface area contributed by atoms with Crippen molar-refractivity contribution in [2.75, 3.05) is 82.8 Å². The van der Waals surface area contributed by atoms with Gasteiger partial charge in [0.05, 0.1) is 25.6 Å². The van der Waals surface area contributed by atoms with Crippen LogP contribution < -0.4 is 20.3 Å². The van der Waals surface area contributed by atoms with Gasteiger partial charge in [-0.1, -0.05) is 12.8 Å². The van der Waals surface area contributed by atoms with Gasteiger partial charge in [-0.05, 0) is 25.0 Å². The quantitative estimate of drug-likeness (QED) is 0.400. The number of aromatic nitrogens is 2. The van der Waals surface area contributed by atoms with Crippen molar-refractivity contribution in [3.8, 4) is 5.75 Å². The van der Waals surface area contributed by atoms with Crippen molar-refractivity contribution in [3.05, 3.63) is 30.0 Å². The molecular weight excluding hydrogens is 601 g/mol. The lowest BCUT2D eigenvalue weighted by Gasteiger charge is -2.37. The summed E-state index contributed by atoms with van der Waals surface area (Å²) in [5.74, 6) is 0.0107. The number of halogens is 3. The van der Waals surface area contributed by atoms with Gasteiger partial charge in [0.2, 0.25) is 21.9 Å². The predicted molar refractivity (Wildman–Crippen MR) is 163 cm³/mol. The zero-order chi connectivity index (χ0) is 32.2. The fraction of sp³-hybridized carbons (Fsp3) is 0.607. The van der Waals surface area contributed by atoms with E-state index in [1.165, 1.54) is 18.5 Å². The Bertz CT molecular complexity index is 1420. The van der Waals surface area contributed by atoms with E-state index in [1.54, 1.807) is 25.1 Å². The first-order valence-electron chi connectivity index (χ1n) is 14.4. The number of nitrogens with zero attached hydrogens (tertiary/aromatic N) is 6. The number of benzene rings is 1. The van der Waals surface area contributed by atoms with Crippen LogP contribution in [0.2, 0.25) is 0 Å². The van der Waals surface area contributed by atoms with Crippen molar-refractivity contribution in [1.82, 2.24) is 24.1 Å². The minimum Gasteiger partial charge on any atom is -0.494 e. The van der Waals surface area contributed by atoms with Gasteiger partial charge in [-0.15, -0.1) is 0 Å². The first-order chi connectivity index (χ1) is 20.7. The van der Waals surface area contributed by atoms with E-state index in [9.17, 15) is 26.4 Å². The Kier molecular flexibility index (Phi) is 10.5. The number of piperazine rings is 1. The Morgan fingerprint density at radius 2 is 1.80 bits per heavy atom. The molecule has 12 nitrogen and oxygen atoms in total. The molecule has 0 unspecified atom stereocenters. The van der Waals surface area contributed by atoms with Gasteiger partial charge in [0.1, 0.15) is 17.1 Å². The Hall–Kier alpha value is -3.37.